The third kappa shape index (κ3) is 5.54. The van der Waals surface area contributed by atoms with Gasteiger partial charge in [-0.2, -0.15) is 0 Å². The molecule has 0 aliphatic heterocycles. The predicted octanol–water partition coefficient (Wildman–Crippen LogP) is 2.64. The first-order valence-corrected chi connectivity index (χ1v) is 9.03. The number of amides is 1. The lowest BCUT2D eigenvalue weighted by atomic mass is 10.2. The fourth-order valence-corrected chi connectivity index (χ4v) is 2.55. The smallest absolute Gasteiger partial charge is 0.246 e. The quantitative estimate of drug-likeness (QED) is 0.747. The number of hydrogen-bond donors (Lipinski definition) is 3. The van der Waals surface area contributed by atoms with E-state index in [1.54, 1.807) is 37.3 Å². The number of nitrogens with one attached hydrogen (secondary N) is 3. The van der Waals surface area contributed by atoms with Gasteiger partial charge in [0.05, 0.1) is 6.26 Å². The summed E-state index contributed by atoms with van der Waals surface area (Å²) in [5, 5.41) is 5.60. The number of carbonyl (C=O) groups excluding carboxylic acids is 1. The van der Waals surface area contributed by atoms with Gasteiger partial charge in [-0.05, 0) is 49.4 Å². The zero-order valence-corrected chi connectivity index (χ0v) is 14.0. The number of sulfonamides is 1. The van der Waals surface area contributed by atoms with E-state index < -0.39 is 21.9 Å². The van der Waals surface area contributed by atoms with E-state index in [2.05, 4.69) is 15.4 Å². The molecule has 0 fully saturated rings. The van der Waals surface area contributed by atoms with Crippen molar-refractivity contribution in [3.05, 3.63) is 54.3 Å². The van der Waals surface area contributed by atoms with Crippen LogP contribution in [0.1, 0.15) is 6.92 Å². The molecule has 0 radical (unpaired) electrons. The molecule has 2 aromatic rings. The number of hydrogen-bond acceptors (Lipinski definition) is 4. The molecule has 2 rings (SSSR count). The Morgan fingerprint density at radius 1 is 1.04 bits per heavy atom. The highest BCUT2D eigenvalue weighted by Gasteiger charge is 2.13. The molecule has 2 aromatic carbocycles. The third-order valence-corrected chi connectivity index (χ3v) is 3.66. The lowest BCUT2D eigenvalue weighted by molar-refractivity contribution is -0.116. The maximum atomic E-state index is 13.1. The van der Waals surface area contributed by atoms with Gasteiger partial charge in [0, 0.05) is 17.1 Å². The second-order valence-corrected chi connectivity index (χ2v) is 7.07. The summed E-state index contributed by atoms with van der Waals surface area (Å²) >= 11 is 0. The molecule has 0 aliphatic carbocycles. The summed E-state index contributed by atoms with van der Waals surface area (Å²) in [5.74, 6) is -0.749. The molecule has 0 spiro atoms. The Balaban J connectivity index is 1.96. The molecular weight excluding hydrogens is 333 g/mol. The Bertz CT molecular complexity index is 823. The third-order valence-electron chi connectivity index (χ3n) is 3.06. The minimum atomic E-state index is -3.33. The van der Waals surface area contributed by atoms with Crippen molar-refractivity contribution < 1.29 is 17.6 Å². The molecule has 8 heteroatoms. The number of carbonyl (C=O) groups is 1. The number of halogens is 1. The molecule has 0 saturated carbocycles. The maximum absolute atomic E-state index is 13.1. The van der Waals surface area contributed by atoms with Gasteiger partial charge in [0.1, 0.15) is 11.9 Å². The van der Waals surface area contributed by atoms with Crippen LogP contribution in [0.5, 0.6) is 0 Å². The van der Waals surface area contributed by atoms with Crippen LogP contribution in [0.25, 0.3) is 0 Å². The van der Waals surface area contributed by atoms with Crippen molar-refractivity contribution in [3.63, 3.8) is 0 Å². The van der Waals surface area contributed by atoms with Crippen LogP contribution in [-0.4, -0.2) is 26.6 Å². The van der Waals surface area contributed by atoms with E-state index in [9.17, 15) is 17.6 Å². The van der Waals surface area contributed by atoms with Gasteiger partial charge in [-0.3, -0.25) is 9.52 Å². The molecule has 0 bridgehead atoms. The van der Waals surface area contributed by atoms with Crippen LogP contribution in [0.4, 0.5) is 21.5 Å². The second kappa shape index (κ2) is 7.31. The Kier molecular flexibility index (Phi) is 5.40. The largest absolute Gasteiger partial charge is 0.374 e. The van der Waals surface area contributed by atoms with Crippen LogP contribution in [-0.2, 0) is 14.8 Å². The molecule has 0 heterocycles. The van der Waals surface area contributed by atoms with Crippen molar-refractivity contribution >= 4 is 33.0 Å². The standard InChI is InChI=1S/C16H18FN3O3S/c1-11(16(21)19-15-5-3-4-12(17)10-15)18-13-6-8-14(9-7-13)20-24(2,22)23/h3-11,18,20H,1-2H3,(H,19,21). The molecule has 0 aliphatic rings. The van der Waals surface area contributed by atoms with Crippen molar-refractivity contribution in [2.24, 2.45) is 0 Å². The first-order chi connectivity index (χ1) is 11.2. The van der Waals surface area contributed by atoms with Crippen molar-refractivity contribution in [3.8, 4) is 0 Å². The SMILES string of the molecule is CC(Nc1ccc(NS(C)(=O)=O)cc1)C(=O)Nc1cccc(F)c1. The van der Waals surface area contributed by atoms with Gasteiger partial charge in [0.25, 0.3) is 0 Å². The average molecular weight is 351 g/mol. The highest BCUT2D eigenvalue weighted by Crippen LogP contribution is 2.16. The Morgan fingerprint density at radius 2 is 1.67 bits per heavy atom. The van der Waals surface area contributed by atoms with E-state index in [0.717, 1.165) is 6.26 Å². The Morgan fingerprint density at radius 3 is 2.25 bits per heavy atom. The molecule has 1 atom stereocenters. The van der Waals surface area contributed by atoms with Gasteiger partial charge in [-0.1, -0.05) is 6.07 Å². The zero-order chi connectivity index (χ0) is 17.7. The van der Waals surface area contributed by atoms with E-state index >= 15 is 0 Å². The molecule has 128 valence electrons. The fourth-order valence-electron chi connectivity index (χ4n) is 1.98. The van der Waals surface area contributed by atoms with E-state index in [4.69, 9.17) is 0 Å². The van der Waals surface area contributed by atoms with Crippen LogP contribution in [0.15, 0.2) is 48.5 Å². The van der Waals surface area contributed by atoms with Crippen molar-refractivity contribution in [2.75, 3.05) is 21.6 Å². The van der Waals surface area contributed by atoms with Gasteiger partial charge in [0.15, 0.2) is 0 Å². The van der Waals surface area contributed by atoms with Gasteiger partial charge >= 0.3 is 0 Å². The Labute approximate surface area is 140 Å². The first kappa shape index (κ1) is 17.7. The highest BCUT2D eigenvalue weighted by molar-refractivity contribution is 7.92. The Hall–Kier alpha value is -2.61. The summed E-state index contributed by atoms with van der Waals surface area (Å²) in [6.45, 7) is 1.66. The van der Waals surface area contributed by atoms with Crippen LogP contribution in [0.3, 0.4) is 0 Å². The minimum Gasteiger partial charge on any atom is -0.374 e. The minimum absolute atomic E-state index is 0.320. The van der Waals surface area contributed by atoms with Gasteiger partial charge in [-0.25, -0.2) is 12.8 Å². The molecule has 6 nitrogen and oxygen atoms in total. The maximum Gasteiger partial charge on any atom is 0.246 e. The van der Waals surface area contributed by atoms with Crippen LogP contribution >= 0.6 is 0 Å². The van der Waals surface area contributed by atoms with Crippen LogP contribution in [0.2, 0.25) is 0 Å². The first-order valence-electron chi connectivity index (χ1n) is 7.14. The van der Waals surface area contributed by atoms with Crippen molar-refractivity contribution in [1.29, 1.82) is 0 Å². The molecular formula is C16H18FN3O3S. The lowest BCUT2D eigenvalue weighted by Crippen LogP contribution is -2.31. The summed E-state index contributed by atoms with van der Waals surface area (Å²) in [7, 11) is -3.33. The van der Waals surface area contributed by atoms with Crippen LogP contribution < -0.4 is 15.4 Å². The van der Waals surface area contributed by atoms with Crippen molar-refractivity contribution in [1.82, 2.24) is 0 Å². The number of rotatable bonds is 6. The van der Waals surface area contributed by atoms with Crippen LogP contribution in [0, 0.1) is 5.82 Å². The lowest BCUT2D eigenvalue weighted by Gasteiger charge is -2.15. The fraction of sp³-hybridized carbons (Fsp3) is 0.188. The topological polar surface area (TPSA) is 87.3 Å². The van der Waals surface area contributed by atoms with Gasteiger partial charge in [0.2, 0.25) is 15.9 Å². The van der Waals surface area contributed by atoms with E-state index in [1.807, 2.05) is 0 Å². The summed E-state index contributed by atoms with van der Waals surface area (Å²) in [5.41, 5.74) is 1.46. The zero-order valence-electron chi connectivity index (χ0n) is 13.2. The summed E-state index contributed by atoms with van der Waals surface area (Å²) in [6, 6.07) is 11.5. The van der Waals surface area contributed by atoms with E-state index in [0.29, 0.717) is 17.1 Å². The van der Waals surface area contributed by atoms with E-state index in [-0.39, 0.29) is 5.91 Å². The number of anilines is 3. The molecule has 0 saturated heterocycles. The summed E-state index contributed by atoms with van der Waals surface area (Å²) in [4.78, 5) is 12.1. The second-order valence-electron chi connectivity index (χ2n) is 5.32. The highest BCUT2D eigenvalue weighted by atomic mass is 32.2. The van der Waals surface area contributed by atoms with Gasteiger partial charge in [-0.15, -0.1) is 0 Å². The van der Waals surface area contributed by atoms with Gasteiger partial charge < -0.3 is 10.6 Å². The summed E-state index contributed by atoms with van der Waals surface area (Å²) < 4.78 is 37.7. The molecule has 24 heavy (non-hydrogen) atoms. The van der Waals surface area contributed by atoms with Crippen molar-refractivity contribution in [2.45, 2.75) is 13.0 Å². The monoisotopic (exact) mass is 351 g/mol. The molecule has 1 unspecified atom stereocenters. The predicted molar refractivity (Wildman–Crippen MR) is 93.0 cm³/mol. The molecule has 1 amide bonds. The molecule has 3 N–H and O–H groups in total. The normalized spacial score (nSPS) is 12.3. The van der Waals surface area contributed by atoms with E-state index in [1.165, 1.54) is 18.2 Å². The number of benzene rings is 2. The average Bonchev–Trinajstić information content (AvgIpc) is 2.47. The molecule has 0 aromatic heterocycles. The summed E-state index contributed by atoms with van der Waals surface area (Å²) in [6.07, 6.45) is 1.07.